The van der Waals surface area contributed by atoms with Gasteiger partial charge in [-0.3, -0.25) is 9.97 Å². The van der Waals surface area contributed by atoms with E-state index < -0.39 is 5.95 Å². The Balaban J connectivity index is 2.07. The molecule has 3 aromatic rings. The molecule has 0 saturated heterocycles. The van der Waals surface area contributed by atoms with Crippen LogP contribution >= 0.6 is 0 Å². The minimum absolute atomic E-state index is 0.489. The second-order valence-corrected chi connectivity index (χ2v) is 5.10. The molecule has 1 N–H and O–H groups in total. The SMILES string of the molecule is CCCCNc1cc(-c2ccc(F)nc2)c2nccnc2c1. The number of halogens is 1. The summed E-state index contributed by atoms with van der Waals surface area (Å²) in [6.07, 6.45) is 7.09. The Bertz CT molecular complexity index is 771. The van der Waals surface area contributed by atoms with Gasteiger partial charge in [-0.15, -0.1) is 0 Å². The van der Waals surface area contributed by atoms with Crippen LogP contribution in [0.15, 0.2) is 42.9 Å². The Morgan fingerprint density at radius 1 is 1.09 bits per heavy atom. The molecule has 0 aliphatic rings. The second kappa shape index (κ2) is 6.47. The molecule has 0 spiro atoms. The van der Waals surface area contributed by atoms with Crippen LogP contribution < -0.4 is 5.32 Å². The highest BCUT2D eigenvalue weighted by Gasteiger charge is 2.09. The Labute approximate surface area is 128 Å². The first-order valence-electron chi connectivity index (χ1n) is 7.38. The molecule has 0 unspecified atom stereocenters. The van der Waals surface area contributed by atoms with Crippen molar-refractivity contribution < 1.29 is 4.39 Å². The zero-order valence-corrected chi connectivity index (χ0v) is 12.4. The standard InChI is InChI=1S/C17H17FN4/c1-2-3-6-19-13-9-14(12-4-5-16(18)22-11-12)17-15(10-13)20-7-8-21-17/h4-5,7-11,19H,2-3,6H2,1H3. The van der Waals surface area contributed by atoms with Crippen LogP contribution in [0.1, 0.15) is 19.8 Å². The first-order chi connectivity index (χ1) is 10.8. The van der Waals surface area contributed by atoms with Crippen molar-refractivity contribution in [3.05, 3.63) is 48.8 Å². The van der Waals surface area contributed by atoms with E-state index >= 15 is 0 Å². The first-order valence-corrected chi connectivity index (χ1v) is 7.38. The Morgan fingerprint density at radius 3 is 2.73 bits per heavy atom. The lowest BCUT2D eigenvalue weighted by Gasteiger charge is -2.11. The third-order valence-corrected chi connectivity index (χ3v) is 3.47. The summed E-state index contributed by atoms with van der Waals surface area (Å²) in [6.45, 7) is 3.06. The van der Waals surface area contributed by atoms with Gasteiger partial charge in [0, 0.05) is 41.9 Å². The minimum atomic E-state index is -0.489. The fourth-order valence-electron chi connectivity index (χ4n) is 2.34. The molecular weight excluding hydrogens is 279 g/mol. The predicted octanol–water partition coefficient (Wildman–Crippen LogP) is 4.04. The molecule has 0 bridgehead atoms. The number of anilines is 1. The van der Waals surface area contributed by atoms with Crippen molar-refractivity contribution in [2.24, 2.45) is 0 Å². The van der Waals surface area contributed by atoms with E-state index in [1.807, 2.05) is 12.1 Å². The molecule has 0 fully saturated rings. The number of aromatic nitrogens is 3. The fraction of sp³-hybridized carbons (Fsp3) is 0.235. The molecule has 4 nitrogen and oxygen atoms in total. The van der Waals surface area contributed by atoms with Crippen molar-refractivity contribution in [1.29, 1.82) is 0 Å². The topological polar surface area (TPSA) is 50.7 Å². The Hall–Kier alpha value is -2.56. The summed E-state index contributed by atoms with van der Waals surface area (Å²) in [5.74, 6) is -0.489. The van der Waals surface area contributed by atoms with Gasteiger partial charge in [-0.25, -0.2) is 4.98 Å². The number of benzene rings is 1. The maximum atomic E-state index is 13.0. The van der Waals surface area contributed by atoms with Crippen molar-refractivity contribution in [2.75, 3.05) is 11.9 Å². The molecule has 0 aliphatic carbocycles. The number of nitrogens with one attached hydrogen (secondary N) is 1. The second-order valence-electron chi connectivity index (χ2n) is 5.10. The number of hydrogen-bond donors (Lipinski definition) is 1. The lowest BCUT2D eigenvalue weighted by atomic mass is 10.0. The van der Waals surface area contributed by atoms with Crippen LogP contribution in [-0.4, -0.2) is 21.5 Å². The molecule has 112 valence electrons. The summed E-state index contributed by atoms with van der Waals surface area (Å²) >= 11 is 0. The molecule has 0 saturated carbocycles. The van der Waals surface area contributed by atoms with Crippen molar-refractivity contribution in [3.63, 3.8) is 0 Å². The maximum absolute atomic E-state index is 13.0. The third kappa shape index (κ3) is 3.03. The normalized spacial score (nSPS) is 10.8. The largest absolute Gasteiger partial charge is 0.385 e. The zero-order valence-electron chi connectivity index (χ0n) is 12.4. The number of rotatable bonds is 5. The van der Waals surface area contributed by atoms with Crippen molar-refractivity contribution in [2.45, 2.75) is 19.8 Å². The van der Waals surface area contributed by atoms with Gasteiger partial charge in [-0.1, -0.05) is 13.3 Å². The van der Waals surface area contributed by atoms with Crippen LogP contribution in [0.4, 0.5) is 10.1 Å². The van der Waals surface area contributed by atoms with Crippen LogP contribution in [0.25, 0.3) is 22.2 Å². The van der Waals surface area contributed by atoms with Crippen LogP contribution in [0, 0.1) is 5.95 Å². The van der Waals surface area contributed by atoms with Crippen LogP contribution in [-0.2, 0) is 0 Å². The Morgan fingerprint density at radius 2 is 1.95 bits per heavy atom. The lowest BCUT2D eigenvalue weighted by Crippen LogP contribution is -2.01. The van der Waals surface area contributed by atoms with Crippen LogP contribution in [0.3, 0.4) is 0 Å². The third-order valence-electron chi connectivity index (χ3n) is 3.47. The van der Waals surface area contributed by atoms with E-state index in [0.29, 0.717) is 0 Å². The average Bonchev–Trinajstić information content (AvgIpc) is 2.55. The summed E-state index contributed by atoms with van der Waals surface area (Å²) in [5, 5.41) is 3.40. The summed E-state index contributed by atoms with van der Waals surface area (Å²) in [6, 6.07) is 7.07. The van der Waals surface area contributed by atoms with Crippen molar-refractivity contribution >= 4 is 16.7 Å². The zero-order chi connectivity index (χ0) is 15.4. The van der Waals surface area contributed by atoms with Gasteiger partial charge in [0.05, 0.1) is 11.0 Å². The predicted molar refractivity (Wildman–Crippen MR) is 86.1 cm³/mol. The molecule has 2 aromatic heterocycles. The van der Waals surface area contributed by atoms with E-state index in [1.165, 1.54) is 12.3 Å². The molecule has 5 heteroatoms. The van der Waals surface area contributed by atoms with E-state index in [-0.39, 0.29) is 0 Å². The maximum Gasteiger partial charge on any atom is 0.212 e. The van der Waals surface area contributed by atoms with Gasteiger partial charge < -0.3 is 5.32 Å². The smallest absolute Gasteiger partial charge is 0.212 e. The van der Waals surface area contributed by atoms with E-state index in [1.54, 1.807) is 18.5 Å². The van der Waals surface area contributed by atoms with E-state index in [9.17, 15) is 4.39 Å². The van der Waals surface area contributed by atoms with Gasteiger partial charge in [0.15, 0.2) is 0 Å². The van der Waals surface area contributed by atoms with Gasteiger partial charge in [-0.2, -0.15) is 4.39 Å². The van der Waals surface area contributed by atoms with E-state index in [4.69, 9.17) is 0 Å². The molecule has 0 radical (unpaired) electrons. The van der Waals surface area contributed by atoms with Gasteiger partial charge in [-0.05, 0) is 30.7 Å². The summed E-state index contributed by atoms with van der Waals surface area (Å²) < 4.78 is 13.0. The van der Waals surface area contributed by atoms with Crippen LogP contribution in [0.2, 0.25) is 0 Å². The number of unbranched alkanes of at least 4 members (excludes halogenated alkanes) is 1. The van der Waals surface area contributed by atoms with E-state index in [2.05, 4.69) is 27.2 Å². The lowest BCUT2D eigenvalue weighted by molar-refractivity contribution is 0.584. The highest BCUT2D eigenvalue weighted by molar-refractivity contribution is 5.94. The van der Waals surface area contributed by atoms with Gasteiger partial charge >= 0.3 is 0 Å². The highest BCUT2D eigenvalue weighted by atomic mass is 19.1. The minimum Gasteiger partial charge on any atom is -0.385 e. The quantitative estimate of drug-likeness (QED) is 0.570. The van der Waals surface area contributed by atoms with E-state index in [0.717, 1.165) is 47.2 Å². The molecule has 0 atom stereocenters. The average molecular weight is 296 g/mol. The highest BCUT2D eigenvalue weighted by Crippen LogP contribution is 2.29. The monoisotopic (exact) mass is 296 g/mol. The molecule has 2 heterocycles. The summed E-state index contributed by atoms with van der Waals surface area (Å²) in [7, 11) is 0. The fourth-order valence-corrected chi connectivity index (χ4v) is 2.34. The van der Waals surface area contributed by atoms with Gasteiger partial charge in [0.2, 0.25) is 5.95 Å². The van der Waals surface area contributed by atoms with Crippen LogP contribution in [0.5, 0.6) is 0 Å². The number of fused-ring (bicyclic) bond motifs is 1. The number of pyridine rings is 1. The van der Waals surface area contributed by atoms with Crippen molar-refractivity contribution in [1.82, 2.24) is 15.0 Å². The molecule has 1 aromatic carbocycles. The number of nitrogens with zero attached hydrogens (tertiary/aromatic N) is 3. The first kappa shape index (κ1) is 14.4. The molecule has 22 heavy (non-hydrogen) atoms. The molecular formula is C17H17FN4. The summed E-state index contributed by atoms with van der Waals surface area (Å²) in [5.41, 5.74) is 4.31. The Kier molecular flexibility index (Phi) is 4.23. The number of hydrogen-bond acceptors (Lipinski definition) is 4. The molecule has 0 amide bonds. The molecule has 0 aliphatic heterocycles. The van der Waals surface area contributed by atoms with Crippen molar-refractivity contribution in [3.8, 4) is 11.1 Å². The van der Waals surface area contributed by atoms with Gasteiger partial charge in [0.25, 0.3) is 0 Å². The van der Waals surface area contributed by atoms with Gasteiger partial charge in [0.1, 0.15) is 0 Å². The molecule has 3 rings (SSSR count). The summed E-state index contributed by atoms with van der Waals surface area (Å²) in [4.78, 5) is 12.5.